The van der Waals surface area contributed by atoms with Crippen molar-refractivity contribution < 1.29 is 14.7 Å². The number of nitrogens with one attached hydrogen (secondary N) is 1. The zero-order chi connectivity index (χ0) is 11.3. The molecule has 0 unspecified atom stereocenters. The number of halogens is 1. The Kier molecular flexibility index (Phi) is 3.88. The van der Waals surface area contributed by atoms with E-state index in [0.717, 1.165) is 0 Å². The highest BCUT2D eigenvalue weighted by Crippen LogP contribution is 2.10. The molecule has 2 N–H and O–H groups in total. The number of hydrogen-bond donors (Lipinski definition) is 2. The first-order valence-electron chi connectivity index (χ1n) is 4.04. The molecule has 0 aromatic heterocycles. The van der Waals surface area contributed by atoms with Crippen molar-refractivity contribution >= 4 is 29.5 Å². The van der Waals surface area contributed by atoms with Crippen LogP contribution in [0, 0.1) is 0 Å². The average Bonchev–Trinajstić information content (AvgIpc) is 2.26. The predicted molar refractivity (Wildman–Crippen MR) is 57.0 cm³/mol. The standard InChI is InChI=1S/C10H8ClNO3/c11-8(6-13)5-12-9-3-1-7(2-4-9)10(14)15/h1-6,12H,(H,14,15). The van der Waals surface area contributed by atoms with Crippen molar-refractivity contribution in [1.82, 2.24) is 0 Å². The van der Waals surface area contributed by atoms with E-state index >= 15 is 0 Å². The smallest absolute Gasteiger partial charge is 0.335 e. The van der Waals surface area contributed by atoms with Crippen LogP contribution < -0.4 is 5.32 Å². The van der Waals surface area contributed by atoms with Gasteiger partial charge in [0.25, 0.3) is 0 Å². The Bertz CT molecular complexity index is 398. The molecule has 1 rings (SSSR count). The van der Waals surface area contributed by atoms with Gasteiger partial charge >= 0.3 is 5.97 Å². The summed E-state index contributed by atoms with van der Waals surface area (Å²) in [4.78, 5) is 20.7. The molecule has 0 aliphatic heterocycles. The van der Waals surface area contributed by atoms with Crippen LogP contribution in [-0.2, 0) is 4.79 Å². The molecule has 0 aliphatic carbocycles. The van der Waals surface area contributed by atoms with Gasteiger partial charge in [-0.2, -0.15) is 0 Å². The number of aromatic carboxylic acids is 1. The zero-order valence-electron chi connectivity index (χ0n) is 7.61. The van der Waals surface area contributed by atoms with Gasteiger partial charge in [-0.3, -0.25) is 4.79 Å². The number of carboxylic acids is 1. The summed E-state index contributed by atoms with van der Waals surface area (Å²) in [6, 6.07) is 6.06. The Morgan fingerprint density at radius 3 is 2.40 bits per heavy atom. The Labute approximate surface area is 91.2 Å². The quantitative estimate of drug-likeness (QED) is 0.608. The van der Waals surface area contributed by atoms with Crippen LogP contribution in [-0.4, -0.2) is 17.4 Å². The minimum absolute atomic E-state index is 0.0392. The first kappa shape index (κ1) is 11.3. The lowest BCUT2D eigenvalue weighted by Crippen LogP contribution is -1.96. The maximum absolute atomic E-state index is 10.5. The summed E-state index contributed by atoms with van der Waals surface area (Å²) in [6.45, 7) is 0. The molecule has 0 saturated carbocycles. The van der Waals surface area contributed by atoms with Crippen LogP contribution in [0.4, 0.5) is 5.69 Å². The van der Waals surface area contributed by atoms with Gasteiger partial charge in [0, 0.05) is 11.9 Å². The first-order valence-corrected chi connectivity index (χ1v) is 4.42. The van der Waals surface area contributed by atoms with E-state index in [4.69, 9.17) is 16.7 Å². The first-order chi connectivity index (χ1) is 7.13. The van der Waals surface area contributed by atoms with Gasteiger partial charge in [0.05, 0.1) is 10.6 Å². The topological polar surface area (TPSA) is 66.4 Å². The number of carbonyl (C=O) groups is 2. The number of aldehydes is 1. The van der Waals surface area contributed by atoms with Crippen LogP contribution in [0.3, 0.4) is 0 Å². The van der Waals surface area contributed by atoms with Crippen molar-refractivity contribution in [1.29, 1.82) is 0 Å². The van der Waals surface area contributed by atoms with Gasteiger partial charge in [0.1, 0.15) is 0 Å². The lowest BCUT2D eigenvalue weighted by atomic mass is 10.2. The fourth-order valence-corrected chi connectivity index (χ4v) is 0.950. The molecule has 15 heavy (non-hydrogen) atoms. The molecule has 0 atom stereocenters. The summed E-state index contributed by atoms with van der Waals surface area (Å²) >= 11 is 5.43. The third-order valence-corrected chi connectivity index (χ3v) is 1.82. The fourth-order valence-electron chi connectivity index (χ4n) is 0.895. The van der Waals surface area contributed by atoms with Gasteiger partial charge in [-0.1, -0.05) is 11.6 Å². The lowest BCUT2D eigenvalue weighted by Gasteiger charge is -2.00. The van der Waals surface area contributed by atoms with Gasteiger partial charge in [-0.15, -0.1) is 0 Å². The number of carboxylic acid groups (broad SMARTS) is 1. The van der Waals surface area contributed by atoms with Crippen molar-refractivity contribution in [2.45, 2.75) is 0 Å². The molecule has 0 amide bonds. The average molecular weight is 226 g/mol. The molecule has 1 aromatic carbocycles. The maximum atomic E-state index is 10.5. The number of anilines is 1. The van der Waals surface area contributed by atoms with E-state index in [1.165, 1.54) is 18.3 Å². The molecule has 5 heteroatoms. The van der Waals surface area contributed by atoms with E-state index in [0.29, 0.717) is 12.0 Å². The molecular weight excluding hydrogens is 218 g/mol. The minimum Gasteiger partial charge on any atom is -0.478 e. The summed E-state index contributed by atoms with van der Waals surface area (Å²) in [5.41, 5.74) is 0.853. The Morgan fingerprint density at radius 1 is 1.33 bits per heavy atom. The highest BCUT2D eigenvalue weighted by Gasteiger charge is 2.00. The van der Waals surface area contributed by atoms with Crippen LogP contribution in [0.5, 0.6) is 0 Å². The summed E-state index contributed by atoms with van der Waals surface area (Å²) in [5, 5.41) is 11.4. The molecule has 1 aromatic rings. The molecule has 78 valence electrons. The second-order valence-corrected chi connectivity index (χ2v) is 3.11. The van der Waals surface area contributed by atoms with E-state index in [-0.39, 0.29) is 10.6 Å². The molecule has 0 bridgehead atoms. The SMILES string of the molecule is O=CC(Cl)=CNc1ccc(C(=O)O)cc1. The number of benzene rings is 1. The fraction of sp³-hybridized carbons (Fsp3) is 0. The molecular formula is C10H8ClNO3. The van der Waals surface area contributed by atoms with Crippen LogP contribution in [0.15, 0.2) is 35.5 Å². The van der Waals surface area contributed by atoms with Gasteiger partial charge < -0.3 is 10.4 Å². The molecule has 0 aliphatic rings. The monoisotopic (exact) mass is 225 g/mol. The Morgan fingerprint density at radius 2 is 1.93 bits per heavy atom. The van der Waals surface area contributed by atoms with Gasteiger partial charge in [0.2, 0.25) is 0 Å². The van der Waals surface area contributed by atoms with Crippen molar-refractivity contribution in [3.63, 3.8) is 0 Å². The van der Waals surface area contributed by atoms with E-state index in [9.17, 15) is 9.59 Å². The van der Waals surface area contributed by atoms with Gasteiger partial charge in [-0.05, 0) is 24.3 Å². The molecule has 0 heterocycles. The molecule has 0 spiro atoms. The molecule has 0 radical (unpaired) electrons. The van der Waals surface area contributed by atoms with Crippen LogP contribution in [0.25, 0.3) is 0 Å². The van der Waals surface area contributed by atoms with Crippen molar-refractivity contribution in [2.24, 2.45) is 0 Å². The number of carbonyl (C=O) groups excluding carboxylic acids is 1. The van der Waals surface area contributed by atoms with Gasteiger partial charge in [0.15, 0.2) is 6.29 Å². The number of hydrogen-bond acceptors (Lipinski definition) is 3. The lowest BCUT2D eigenvalue weighted by molar-refractivity contribution is -0.104. The minimum atomic E-state index is -0.983. The number of rotatable bonds is 4. The van der Waals surface area contributed by atoms with Crippen molar-refractivity contribution in [2.75, 3.05) is 5.32 Å². The van der Waals surface area contributed by atoms with Crippen LogP contribution in [0.2, 0.25) is 0 Å². The van der Waals surface area contributed by atoms with E-state index in [2.05, 4.69) is 5.32 Å². The zero-order valence-corrected chi connectivity index (χ0v) is 8.36. The summed E-state index contributed by atoms with van der Waals surface area (Å²) in [7, 11) is 0. The van der Waals surface area contributed by atoms with Crippen LogP contribution in [0.1, 0.15) is 10.4 Å². The predicted octanol–water partition coefficient (Wildman–Crippen LogP) is 2.08. The van der Waals surface area contributed by atoms with E-state index < -0.39 is 5.97 Å². The summed E-state index contributed by atoms with van der Waals surface area (Å²) in [5.74, 6) is -0.983. The third-order valence-electron chi connectivity index (χ3n) is 1.62. The second-order valence-electron chi connectivity index (χ2n) is 2.67. The maximum Gasteiger partial charge on any atom is 0.335 e. The highest BCUT2D eigenvalue weighted by molar-refractivity contribution is 6.38. The molecule has 0 fully saturated rings. The van der Waals surface area contributed by atoms with E-state index in [1.54, 1.807) is 12.1 Å². The van der Waals surface area contributed by atoms with Crippen LogP contribution >= 0.6 is 11.6 Å². The second kappa shape index (κ2) is 5.17. The largest absolute Gasteiger partial charge is 0.478 e. The van der Waals surface area contributed by atoms with Crippen molar-refractivity contribution in [3.8, 4) is 0 Å². The highest BCUT2D eigenvalue weighted by atomic mass is 35.5. The van der Waals surface area contributed by atoms with E-state index in [1.807, 2.05) is 0 Å². The van der Waals surface area contributed by atoms with Crippen molar-refractivity contribution in [3.05, 3.63) is 41.1 Å². The molecule has 4 nitrogen and oxygen atoms in total. The Hall–Kier alpha value is -1.81. The molecule has 0 saturated heterocycles. The summed E-state index contributed by atoms with van der Waals surface area (Å²) < 4.78 is 0. The summed E-state index contributed by atoms with van der Waals surface area (Å²) in [6.07, 6.45) is 1.82. The normalized spacial score (nSPS) is 10.9. The number of allylic oxidation sites excluding steroid dienone is 1. The Balaban J connectivity index is 2.73. The third kappa shape index (κ3) is 3.44. The van der Waals surface area contributed by atoms with Gasteiger partial charge in [-0.25, -0.2) is 4.79 Å².